The number of rotatable bonds is 6. The summed E-state index contributed by atoms with van der Waals surface area (Å²) >= 11 is 0. The van der Waals surface area contributed by atoms with E-state index in [-0.39, 0.29) is 11.9 Å². The minimum absolute atomic E-state index is 0.0983. The Bertz CT molecular complexity index is 969. The van der Waals surface area contributed by atoms with Gasteiger partial charge in [0.25, 0.3) is 5.91 Å². The molecule has 4 heterocycles. The molecule has 3 aromatic rings. The van der Waals surface area contributed by atoms with Crippen LogP contribution in [0.3, 0.4) is 0 Å². The number of hydrogen-bond donors (Lipinski definition) is 1. The number of amides is 1. The Labute approximate surface area is 171 Å². The third-order valence-corrected chi connectivity index (χ3v) is 5.66. The largest absolute Gasteiger partial charge is 0.463 e. The summed E-state index contributed by atoms with van der Waals surface area (Å²) < 4.78 is 7.36. The second-order valence-electron chi connectivity index (χ2n) is 8.23. The van der Waals surface area contributed by atoms with Crippen molar-refractivity contribution in [2.45, 2.75) is 39.7 Å². The lowest BCUT2D eigenvalue weighted by Crippen LogP contribution is -2.39. The van der Waals surface area contributed by atoms with Crippen LogP contribution < -0.4 is 5.32 Å². The van der Waals surface area contributed by atoms with Crippen LogP contribution in [-0.4, -0.2) is 51.8 Å². The van der Waals surface area contributed by atoms with E-state index in [0.717, 1.165) is 30.9 Å². The van der Waals surface area contributed by atoms with Gasteiger partial charge in [-0.1, -0.05) is 6.92 Å². The second kappa shape index (κ2) is 8.37. The number of furan rings is 1. The van der Waals surface area contributed by atoms with Gasteiger partial charge < -0.3 is 14.6 Å². The first-order valence-electron chi connectivity index (χ1n) is 10.5. The van der Waals surface area contributed by atoms with Gasteiger partial charge in [0.1, 0.15) is 5.69 Å². The van der Waals surface area contributed by atoms with E-state index in [4.69, 9.17) is 9.40 Å². The van der Waals surface area contributed by atoms with Gasteiger partial charge >= 0.3 is 0 Å². The van der Waals surface area contributed by atoms with Gasteiger partial charge in [0.05, 0.1) is 23.4 Å². The molecule has 7 heteroatoms. The molecule has 3 aromatic heterocycles. The fourth-order valence-corrected chi connectivity index (χ4v) is 3.84. The number of aromatic nitrogens is 3. The van der Waals surface area contributed by atoms with E-state index in [0.29, 0.717) is 29.2 Å². The summed E-state index contributed by atoms with van der Waals surface area (Å²) in [4.78, 5) is 20.2. The van der Waals surface area contributed by atoms with Crippen molar-refractivity contribution < 1.29 is 9.21 Å². The SMILES string of the molecule is CC1CCN(CCNC(=O)c2cc(-c3ccco3)nc3c2cnn3C(C)C)CC1. The van der Waals surface area contributed by atoms with Crippen LogP contribution >= 0.6 is 0 Å². The Morgan fingerprint density at radius 2 is 2.14 bits per heavy atom. The van der Waals surface area contributed by atoms with Crippen LogP contribution in [0.1, 0.15) is 50.0 Å². The molecule has 0 aromatic carbocycles. The molecule has 1 N–H and O–H groups in total. The van der Waals surface area contributed by atoms with E-state index >= 15 is 0 Å². The van der Waals surface area contributed by atoms with Crippen LogP contribution in [0, 0.1) is 5.92 Å². The molecule has 4 rings (SSSR count). The number of nitrogens with one attached hydrogen (secondary N) is 1. The number of pyridine rings is 1. The third-order valence-electron chi connectivity index (χ3n) is 5.66. The summed E-state index contributed by atoms with van der Waals surface area (Å²) in [5, 5.41) is 8.30. The Hall–Kier alpha value is -2.67. The minimum Gasteiger partial charge on any atom is -0.463 e. The summed E-state index contributed by atoms with van der Waals surface area (Å²) in [7, 11) is 0. The number of fused-ring (bicyclic) bond motifs is 1. The summed E-state index contributed by atoms with van der Waals surface area (Å²) in [5.41, 5.74) is 1.92. The molecular weight excluding hydrogens is 366 g/mol. The summed E-state index contributed by atoms with van der Waals surface area (Å²) in [5.74, 6) is 1.35. The third kappa shape index (κ3) is 4.19. The van der Waals surface area contributed by atoms with Crippen LogP contribution in [0.5, 0.6) is 0 Å². The molecule has 154 valence electrons. The normalized spacial score (nSPS) is 16.0. The highest BCUT2D eigenvalue weighted by molar-refractivity contribution is 6.06. The molecule has 0 spiro atoms. The molecule has 7 nitrogen and oxygen atoms in total. The van der Waals surface area contributed by atoms with E-state index in [9.17, 15) is 4.79 Å². The zero-order chi connectivity index (χ0) is 20.4. The molecule has 0 unspecified atom stereocenters. The van der Waals surface area contributed by atoms with Gasteiger partial charge in [0, 0.05) is 19.1 Å². The Morgan fingerprint density at radius 1 is 1.34 bits per heavy atom. The first-order valence-corrected chi connectivity index (χ1v) is 10.5. The highest BCUT2D eigenvalue weighted by atomic mass is 16.3. The topological polar surface area (TPSA) is 76.2 Å². The quantitative estimate of drug-likeness (QED) is 0.688. The lowest BCUT2D eigenvalue weighted by Gasteiger charge is -2.30. The van der Waals surface area contributed by atoms with Gasteiger partial charge in [-0.15, -0.1) is 0 Å². The molecule has 1 fully saturated rings. The monoisotopic (exact) mass is 395 g/mol. The maximum Gasteiger partial charge on any atom is 0.252 e. The first-order chi connectivity index (χ1) is 14.0. The standard InChI is InChI=1S/C22H29N5O2/c1-15(2)27-21-18(14-24-27)17(13-19(25-21)20-5-4-12-29-20)22(28)23-8-11-26-9-6-16(3)7-10-26/h4-5,12-16H,6-11H2,1-3H3,(H,23,28). The van der Waals surface area contributed by atoms with Crippen molar-refractivity contribution in [3.05, 3.63) is 36.2 Å². The summed E-state index contributed by atoms with van der Waals surface area (Å²) in [6.07, 6.45) is 5.81. The number of nitrogens with zero attached hydrogens (tertiary/aromatic N) is 4. The fourth-order valence-electron chi connectivity index (χ4n) is 3.84. The van der Waals surface area contributed by atoms with Gasteiger partial charge in [-0.2, -0.15) is 5.10 Å². The van der Waals surface area contributed by atoms with Crippen molar-refractivity contribution >= 4 is 16.9 Å². The molecule has 0 radical (unpaired) electrons. The van der Waals surface area contributed by atoms with Gasteiger partial charge in [-0.25, -0.2) is 9.67 Å². The molecule has 1 aliphatic heterocycles. The molecule has 1 amide bonds. The van der Waals surface area contributed by atoms with Crippen molar-refractivity contribution in [1.82, 2.24) is 25.0 Å². The molecule has 0 bridgehead atoms. The van der Waals surface area contributed by atoms with Crippen LogP contribution in [0.4, 0.5) is 0 Å². The molecule has 0 aliphatic carbocycles. The van der Waals surface area contributed by atoms with Gasteiger partial charge in [0.15, 0.2) is 11.4 Å². The zero-order valence-corrected chi connectivity index (χ0v) is 17.4. The number of piperidine rings is 1. The minimum atomic E-state index is -0.0983. The fraction of sp³-hybridized carbons (Fsp3) is 0.500. The van der Waals surface area contributed by atoms with Crippen molar-refractivity contribution in [1.29, 1.82) is 0 Å². The van der Waals surface area contributed by atoms with Crippen molar-refractivity contribution in [2.75, 3.05) is 26.2 Å². The van der Waals surface area contributed by atoms with Crippen molar-refractivity contribution in [2.24, 2.45) is 5.92 Å². The first kappa shape index (κ1) is 19.6. The second-order valence-corrected chi connectivity index (χ2v) is 8.23. The van der Waals surface area contributed by atoms with Crippen LogP contribution in [0.25, 0.3) is 22.5 Å². The Morgan fingerprint density at radius 3 is 2.83 bits per heavy atom. The number of carbonyl (C=O) groups excluding carboxylic acids is 1. The molecule has 0 saturated carbocycles. The van der Waals surface area contributed by atoms with Crippen molar-refractivity contribution in [3.63, 3.8) is 0 Å². The summed E-state index contributed by atoms with van der Waals surface area (Å²) in [6.45, 7) is 10.1. The maximum atomic E-state index is 13.0. The smallest absolute Gasteiger partial charge is 0.252 e. The van der Waals surface area contributed by atoms with E-state index in [1.54, 1.807) is 18.5 Å². The number of likely N-dealkylation sites (tertiary alicyclic amines) is 1. The Balaban J connectivity index is 1.56. The van der Waals surface area contributed by atoms with Crippen molar-refractivity contribution in [3.8, 4) is 11.5 Å². The van der Waals surface area contributed by atoms with Gasteiger partial charge in [-0.3, -0.25) is 4.79 Å². The number of hydrogen-bond acceptors (Lipinski definition) is 5. The Kier molecular flexibility index (Phi) is 5.67. The van der Waals surface area contributed by atoms with Gasteiger partial charge in [0.2, 0.25) is 0 Å². The van der Waals surface area contributed by atoms with E-state index in [1.807, 2.05) is 30.7 Å². The highest BCUT2D eigenvalue weighted by Crippen LogP contribution is 2.26. The van der Waals surface area contributed by atoms with E-state index < -0.39 is 0 Å². The molecule has 29 heavy (non-hydrogen) atoms. The predicted molar refractivity (Wildman–Crippen MR) is 113 cm³/mol. The zero-order valence-electron chi connectivity index (χ0n) is 17.4. The maximum absolute atomic E-state index is 13.0. The summed E-state index contributed by atoms with van der Waals surface area (Å²) in [6, 6.07) is 5.61. The molecule has 1 saturated heterocycles. The van der Waals surface area contributed by atoms with Crippen LogP contribution in [0.15, 0.2) is 35.1 Å². The van der Waals surface area contributed by atoms with Crippen LogP contribution in [-0.2, 0) is 0 Å². The van der Waals surface area contributed by atoms with E-state index in [2.05, 4.69) is 22.2 Å². The van der Waals surface area contributed by atoms with E-state index in [1.165, 1.54) is 12.8 Å². The number of carbonyl (C=O) groups is 1. The molecular formula is C22H29N5O2. The highest BCUT2D eigenvalue weighted by Gasteiger charge is 2.20. The van der Waals surface area contributed by atoms with Crippen LogP contribution in [0.2, 0.25) is 0 Å². The lowest BCUT2D eigenvalue weighted by molar-refractivity contribution is 0.0946. The predicted octanol–water partition coefficient (Wildman–Crippen LogP) is 3.73. The molecule has 1 aliphatic rings. The average Bonchev–Trinajstić information content (AvgIpc) is 3.38. The van der Waals surface area contributed by atoms with Gasteiger partial charge in [-0.05, 0) is 63.9 Å². The lowest BCUT2D eigenvalue weighted by atomic mass is 9.99. The molecule has 0 atom stereocenters. The average molecular weight is 396 g/mol.